The van der Waals surface area contributed by atoms with Gasteiger partial charge in [0.15, 0.2) is 0 Å². The van der Waals surface area contributed by atoms with Gasteiger partial charge in [-0.2, -0.15) is 13.2 Å². The van der Waals surface area contributed by atoms with Crippen LogP contribution < -0.4 is 5.32 Å². The molecule has 1 amide bonds. The van der Waals surface area contributed by atoms with Crippen LogP contribution in [0.3, 0.4) is 0 Å². The molecule has 0 aromatic heterocycles. The Morgan fingerprint density at radius 1 is 1.13 bits per heavy atom. The van der Waals surface area contributed by atoms with Crippen LogP contribution in [0, 0.1) is 5.41 Å². The molecule has 2 aliphatic heterocycles. The molecular weight excluding hydrogens is 405 g/mol. The molecule has 2 heterocycles. The van der Waals surface area contributed by atoms with E-state index < -0.39 is 11.7 Å². The Hall–Kier alpha value is -1.60. The maximum atomic E-state index is 13.6. The Labute approximate surface area is 182 Å². The molecular formula is C24H33F3N2O2. The predicted molar refractivity (Wildman–Crippen MR) is 113 cm³/mol. The summed E-state index contributed by atoms with van der Waals surface area (Å²) in [7, 11) is 0. The first-order valence-electron chi connectivity index (χ1n) is 11.6. The molecule has 0 bridgehead atoms. The molecule has 1 saturated heterocycles. The van der Waals surface area contributed by atoms with Crippen molar-refractivity contribution < 1.29 is 22.7 Å². The number of ether oxygens (including phenoxy) is 1. The van der Waals surface area contributed by atoms with Crippen molar-refractivity contribution >= 4 is 5.91 Å². The van der Waals surface area contributed by atoms with Gasteiger partial charge in [-0.25, -0.2) is 0 Å². The number of benzene rings is 1. The fourth-order valence-corrected chi connectivity index (χ4v) is 5.50. The average Bonchev–Trinajstić information content (AvgIpc) is 2.78. The Balaban J connectivity index is 1.40. The first kappa shape index (κ1) is 22.6. The highest BCUT2D eigenvalue weighted by molar-refractivity contribution is 5.83. The summed E-state index contributed by atoms with van der Waals surface area (Å²) in [6, 6.07) is 4.89. The van der Waals surface area contributed by atoms with E-state index in [4.69, 9.17) is 4.74 Å². The van der Waals surface area contributed by atoms with Crippen LogP contribution in [0.1, 0.15) is 68.6 Å². The van der Waals surface area contributed by atoms with Gasteiger partial charge in [0.25, 0.3) is 0 Å². The van der Waals surface area contributed by atoms with Gasteiger partial charge in [0.05, 0.1) is 5.56 Å². The van der Waals surface area contributed by atoms with Crippen molar-refractivity contribution in [3.8, 4) is 0 Å². The summed E-state index contributed by atoms with van der Waals surface area (Å²) in [5.41, 5.74) is 0.542. The number of alkyl halides is 3. The molecule has 1 saturated carbocycles. The third-order valence-corrected chi connectivity index (χ3v) is 7.60. The van der Waals surface area contributed by atoms with E-state index in [1.54, 1.807) is 11.0 Å². The highest BCUT2D eigenvalue weighted by Gasteiger charge is 2.43. The summed E-state index contributed by atoms with van der Waals surface area (Å²) in [4.78, 5) is 15.4. The Morgan fingerprint density at radius 3 is 2.45 bits per heavy atom. The SMILES string of the molecule is CCC1(C(=O)N2CCc3ccc(C(F)(F)F)cc3C2)CCC(NC2CCOCC2)CC1. The van der Waals surface area contributed by atoms with Crippen molar-refractivity contribution in [1.29, 1.82) is 0 Å². The van der Waals surface area contributed by atoms with Crippen molar-refractivity contribution in [3.63, 3.8) is 0 Å². The highest BCUT2D eigenvalue weighted by atomic mass is 19.4. The van der Waals surface area contributed by atoms with Gasteiger partial charge in [-0.1, -0.05) is 13.0 Å². The molecule has 0 atom stereocenters. The minimum atomic E-state index is -4.36. The molecule has 172 valence electrons. The molecule has 31 heavy (non-hydrogen) atoms. The largest absolute Gasteiger partial charge is 0.416 e. The highest BCUT2D eigenvalue weighted by Crippen LogP contribution is 2.42. The number of carbonyl (C=O) groups excluding carboxylic acids is 1. The van der Waals surface area contributed by atoms with E-state index in [-0.39, 0.29) is 17.9 Å². The molecule has 0 unspecified atom stereocenters. The molecule has 7 heteroatoms. The number of hydrogen-bond acceptors (Lipinski definition) is 3. The number of halogens is 3. The predicted octanol–water partition coefficient (Wildman–Crippen LogP) is 4.70. The van der Waals surface area contributed by atoms with Crippen LogP contribution in [0.15, 0.2) is 18.2 Å². The summed E-state index contributed by atoms with van der Waals surface area (Å²) < 4.78 is 44.8. The smallest absolute Gasteiger partial charge is 0.381 e. The van der Waals surface area contributed by atoms with Crippen LogP contribution >= 0.6 is 0 Å². The second kappa shape index (κ2) is 9.10. The van der Waals surface area contributed by atoms with Gasteiger partial charge < -0.3 is 15.0 Å². The van der Waals surface area contributed by atoms with Crippen LogP contribution in [0.2, 0.25) is 0 Å². The third kappa shape index (κ3) is 4.92. The van der Waals surface area contributed by atoms with E-state index in [1.807, 2.05) is 0 Å². The quantitative estimate of drug-likeness (QED) is 0.741. The number of carbonyl (C=O) groups is 1. The van der Waals surface area contributed by atoms with E-state index in [2.05, 4.69) is 12.2 Å². The summed E-state index contributed by atoms with van der Waals surface area (Å²) in [5.74, 6) is 0.127. The topological polar surface area (TPSA) is 41.6 Å². The molecule has 1 aromatic rings. The molecule has 1 aromatic carbocycles. The van der Waals surface area contributed by atoms with Crippen LogP contribution in [-0.2, 0) is 28.7 Å². The van der Waals surface area contributed by atoms with Gasteiger partial charge in [0.2, 0.25) is 5.91 Å². The number of rotatable bonds is 4. The maximum absolute atomic E-state index is 13.6. The maximum Gasteiger partial charge on any atom is 0.416 e. The van der Waals surface area contributed by atoms with Gasteiger partial charge in [0.1, 0.15) is 0 Å². The monoisotopic (exact) mass is 438 g/mol. The van der Waals surface area contributed by atoms with Crippen LogP contribution in [0.5, 0.6) is 0 Å². The van der Waals surface area contributed by atoms with Gasteiger partial charge in [-0.05, 0) is 74.6 Å². The Bertz CT molecular complexity index is 782. The minimum absolute atomic E-state index is 0.127. The zero-order valence-electron chi connectivity index (χ0n) is 18.3. The van der Waals surface area contributed by atoms with Crippen molar-refractivity contribution in [2.24, 2.45) is 5.41 Å². The molecule has 4 nitrogen and oxygen atoms in total. The van der Waals surface area contributed by atoms with Gasteiger partial charge in [0, 0.05) is 43.8 Å². The van der Waals surface area contributed by atoms with Crippen molar-refractivity contribution in [2.45, 2.75) is 83.1 Å². The molecule has 1 aliphatic carbocycles. The van der Waals surface area contributed by atoms with Gasteiger partial charge >= 0.3 is 6.18 Å². The Morgan fingerprint density at radius 2 is 1.81 bits per heavy atom. The lowest BCUT2D eigenvalue weighted by Crippen LogP contribution is -2.50. The van der Waals surface area contributed by atoms with E-state index in [0.29, 0.717) is 30.6 Å². The van der Waals surface area contributed by atoms with Crippen LogP contribution in [-0.4, -0.2) is 42.6 Å². The van der Waals surface area contributed by atoms with Crippen molar-refractivity contribution in [1.82, 2.24) is 10.2 Å². The number of fused-ring (bicyclic) bond motifs is 1. The number of nitrogens with zero attached hydrogens (tertiary/aromatic N) is 1. The van der Waals surface area contributed by atoms with Crippen LogP contribution in [0.25, 0.3) is 0 Å². The molecule has 3 aliphatic rings. The summed E-state index contributed by atoms with van der Waals surface area (Å²) in [6.45, 7) is 4.57. The van der Waals surface area contributed by atoms with E-state index in [9.17, 15) is 18.0 Å². The Kier molecular flexibility index (Phi) is 6.63. The molecule has 0 spiro atoms. The normalized spacial score (nSPS) is 27.7. The lowest BCUT2D eigenvalue weighted by Gasteiger charge is -2.43. The summed E-state index contributed by atoms with van der Waals surface area (Å²) in [6.07, 6.45) is 2.75. The first-order valence-corrected chi connectivity index (χ1v) is 11.6. The second-order valence-corrected chi connectivity index (χ2v) is 9.42. The second-order valence-electron chi connectivity index (χ2n) is 9.42. The van der Waals surface area contributed by atoms with Crippen molar-refractivity contribution in [3.05, 3.63) is 34.9 Å². The van der Waals surface area contributed by atoms with Gasteiger partial charge in [-0.15, -0.1) is 0 Å². The lowest BCUT2D eigenvalue weighted by atomic mass is 9.69. The fraction of sp³-hybridized carbons (Fsp3) is 0.708. The molecule has 1 N–H and O–H groups in total. The molecule has 2 fully saturated rings. The number of amides is 1. The third-order valence-electron chi connectivity index (χ3n) is 7.60. The molecule has 0 radical (unpaired) electrons. The summed E-state index contributed by atoms with van der Waals surface area (Å²) >= 11 is 0. The first-order chi connectivity index (χ1) is 14.8. The lowest BCUT2D eigenvalue weighted by molar-refractivity contribution is -0.146. The number of hydrogen-bond donors (Lipinski definition) is 1. The van der Waals surface area contributed by atoms with E-state index >= 15 is 0 Å². The van der Waals surface area contributed by atoms with E-state index in [0.717, 1.165) is 69.8 Å². The van der Waals surface area contributed by atoms with Crippen LogP contribution in [0.4, 0.5) is 13.2 Å². The number of nitrogens with one attached hydrogen (secondary N) is 1. The summed E-state index contributed by atoms with van der Waals surface area (Å²) in [5, 5.41) is 3.76. The zero-order chi connectivity index (χ0) is 22.1. The molecule has 4 rings (SSSR count). The van der Waals surface area contributed by atoms with Crippen molar-refractivity contribution in [2.75, 3.05) is 19.8 Å². The zero-order valence-corrected chi connectivity index (χ0v) is 18.3. The minimum Gasteiger partial charge on any atom is -0.381 e. The standard InChI is InChI=1S/C24H33F3N2O2/c1-2-23(10-5-20(6-11-23)28-21-8-13-31-14-9-21)22(30)29-12-7-17-3-4-19(24(25,26)27)15-18(17)16-29/h3-4,15,20-21,28H,2,5-14,16H2,1H3. The fourth-order valence-electron chi connectivity index (χ4n) is 5.50. The van der Waals surface area contributed by atoms with Gasteiger partial charge in [-0.3, -0.25) is 4.79 Å². The average molecular weight is 439 g/mol. The van der Waals surface area contributed by atoms with E-state index in [1.165, 1.54) is 6.07 Å².